The summed E-state index contributed by atoms with van der Waals surface area (Å²) in [6.45, 7) is 7.89. The molecular weight excluding hydrogens is 1850 g/mol. The van der Waals surface area contributed by atoms with Crippen LogP contribution in [-0.4, -0.2) is 290 Å². The van der Waals surface area contributed by atoms with Crippen molar-refractivity contribution < 1.29 is 114 Å². The Kier molecular flexibility index (Phi) is 48.9. The van der Waals surface area contributed by atoms with Crippen LogP contribution in [0.25, 0.3) is 0 Å². The first-order chi connectivity index (χ1) is 61.3. The number of anilines is 1. The zero-order valence-electron chi connectivity index (χ0n) is 75.6. The molecule has 0 aliphatic carbocycles. The van der Waals surface area contributed by atoms with Crippen LogP contribution in [0.4, 0.5) is 11.4 Å². The van der Waals surface area contributed by atoms with E-state index in [1.54, 1.807) is 155 Å². The van der Waals surface area contributed by atoms with Gasteiger partial charge in [-0.25, -0.2) is 69.7 Å². The van der Waals surface area contributed by atoms with Crippen LogP contribution in [0.15, 0.2) is 72.5 Å². The number of carbonyl (C=O) groups is 6. The highest BCUT2D eigenvalue weighted by molar-refractivity contribution is 8.20. The van der Waals surface area contributed by atoms with E-state index in [0.717, 1.165) is 112 Å². The molecule has 6 rings (SSSR count). The first-order valence-corrected chi connectivity index (χ1v) is 57.9. The zero-order chi connectivity index (χ0) is 94.8. The van der Waals surface area contributed by atoms with Gasteiger partial charge in [-0.2, -0.15) is 38.2 Å². The summed E-state index contributed by atoms with van der Waals surface area (Å²) in [4.78, 5) is 88.9. The molecule has 0 bridgehead atoms. The summed E-state index contributed by atoms with van der Waals surface area (Å²) in [7, 11) is -6.12. The maximum atomic E-state index is 15.4. The number of unbranched alkanes of at least 4 members (excludes halogenated alkanes) is 6. The van der Waals surface area contributed by atoms with Gasteiger partial charge in [-0.05, 0) is 193 Å². The van der Waals surface area contributed by atoms with E-state index in [0.29, 0.717) is 91.1 Å². The number of nitrogens with one attached hydrogen (secondary N) is 6. The highest BCUT2D eigenvalue weighted by atomic mass is 32.2. The fraction of sp³-hybridized carbons (Fsp3) is 0.568. The van der Waals surface area contributed by atoms with Crippen molar-refractivity contribution in [2.75, 3.05) is 154 Å². The maximum absolute atomic E-state index is 15.4. The molecule has 10 N–H and O–H groups in total. The molecule has 4 aromatic rings. The second-order valence-corrected chi connectivity index (χ2v) is 43.9. The fourth-order valence-corrected chi connectivity index (χ4v) is 19.1. The van der Waals surface area contributed by atoms with Crippen LogP contribution >= 0.6 is 69.7 Å². The molecule has 0 radical (unpaired) electrons. The lowest BCUT2D eigenvalue weighted by Crippen LogP contribution is -2.34. The Labute approximate surface area is 791 Å². The van der Waals surface area contributed by atoms with Crippen molar-refractivity contribution in [3.8, 4) is 34.5 Å². The molecule has 0 unspecified atom stereocenters. The first-order valence-electron chi connectivity index (χ1n) is 43.1. The van der Waals surface area contributed by atoms with Gasteiger partial charge in [0.25, 0.3) is 75.9 Å². The molecule has 0 fully saturated rings. The van der Waals surface area contributed by atoms with E-state index in [-0.39, 0.29) is 115 Å². The SMILES string of the molecule is BSCCCCOc1cc(C(=O)NCCCNC(=O)c2cc(C(=O)NCCCNC(=O)c3cc(OCCCCSB)c(OCCCCSB)c(OCCCCSB)c3)c3c(c2)N(CCCS(=O)(=O)O)/C(=C/C=C/C2=[N+](CCCS(=O)(=O)O)c4cc(C(=O)NCCS(=O)(=O)O)cc(C(=O)NCCS(=O)(=O)O)c4C2(C)C)C3(C)C)cc(OCCCCSB)c1OCCCCSB. The fourth-order valence-electron chi connectivity index (χ4n) is 14.4. The van der Waals surface area contributed by atoms with Gasteiger partial charge in [-0.1, -0.05) is 19.9 Å². The molecular formula is C81H125B6N8O24S10+. The third kappa shape index (κ3) is 38.1. The topological polar surface area (TPSA) is 454 Å². The number of amides is 6. The van der Waals surface area contributed by atoms with Crippen LogP contribution in [0, 0.1) is 0 Å². The van der Waals surface area contributed by atoms with Crippen molar-refractivity contribution in [2.45, 2.75) is 141 Å². The summed E-state index contributed by atoms with van der Waals surface area (Å²) < 4.78 is 176. The molecule has 0 saturated heterocycles. The third-order valence-electron chi connectivity index (χ3n) is 20.7. The van der Waals surface area contributed by atoms with Gasteiger partial charge in [-0.3, -0.25) is 47.0 Å². The van der Waals surface area contributed by atoms with Crippen LogP contribution in [0.5, 0.6) is 34.5 Å². The van der Waals surface area contributed by atoms with Gasteiger partial charge in [0.15, 0.2) is 71.5 Å². The van der Waals surface area contributed by atoms with Crippen LogP contribution in [0.3, 0.4) is 0 Å². The summed E-state index contributed by atoms with van der Waals surface area (Å²) in [6, 6.07) is 12.1. The van der Waals surface area contributed by atoms with Gasteiger partial charge in [0.1, 0.15) is 6.54 Å². The number of fused-ring (bicyclic) bond motifs is 2. The Morgan fingerprint density at radius 3 is 1.06 bits per heavy atom. The lowest BCUT2D eigenvalue weighted by molar-refractivity contribution is -0.437. The normalized spacial score (nSPS) is 13.8. The zero-order valence-corrected chi connectivity index (χ0v) is 83.7. The number of ether oxygens (including phenoxy) is 6. The minimum absolute atomic E-state index is 0.00846. The number of rotatable bonds is 66. The van der Waals surface area contributed by atoms with E-state index >= 15 is 4.79 Å². The Morgan fingerprint density at radius 2 is 0.698 bits per heavy atom. The van der Waals surface area contributed by atoms with Gasteiger partial charge in [0, 0.05) is 115 Å². The van der Waals surface area contributed by atoms with Crippen LogP contribution < -0.4 is 65.2 Å². The van der Waals surface area contributed by atoms with Crippen molar-refractivity contribution in [3.63, 3.8) is 0 Å². The molecule has 6 amide bonds. The average Bonchev–Trinajstić information content (AvgIpc) is 1.57. The van der Waals surface area contributed by atoms with E-state index < -0.39 is 123 Å². The minimum atomic E-state index is -4.61. The second-order valence-electron chi connectivity index (χ2n) is 31.7. The standard InChI is InChI=1S/C81H124B6N8O24S10/c1-80(2)68(22-17-23-69-81(3,4)71-61(79(101)93-29-47-129(111,112)113)49-57(75(97)92-28-46-128(108,109)110)51-63(71)95(69)31-21-45-127(105,106)107)94(30-20-44-126(102,103)104)62-50-56(74(96)88-24-18-25-89-76(98)58-52-64(114-32-5-11-38-120-82)72(118-36-9-15-42-124-86)65(53-58)115-33-6-12-39-121-83)48-60(70(62)80)78(100)91-27-19-26-90-77(99)59-54-66(116-34-7-13-40-122-84)73(119-37-10-16-43-125-87)67(55-59)117-35-8-14-41-123-85/h17,22-23,48-55H,5-16,18-21,24-47,82-87H2,1-4H3,(H9-,88,89,90,91,92,93,96,97,98,99,100,101,102,103,104,105,106,107,108,109,110,111,112,113)/p+1. The number of hydrogen-bond donors (Lipinski definition) is 10. The highest BCUT2D eigenvalue weighted by Crippen LogP contribution is 2.51. The number of benzene rings is 4. The predicted molar refractivity (Wildman–Crippen MR) is 539 cm³/mol. The molecule has 4 aromatic carbocycles. The summed E-state index contributed by atoms with van der Waals surface area (Å²) in [5, 5.41) is 16.7. The van der Waals surface area contributed by atoms with Crippen molar-refractivity contribution >= 4 is 205 Å². The number of carbonyl (C=O) groups excluding carboxylic acids is 6. The van der Waals surface area contributed by atoms with Gasteiger partial charge >= 0.3 is 0 Å². The number of nitrogens with zero attached hydrogens (tertiary/aromatic N) is 2. The largest absolute Gasteiger partial charge is 0.490 e. The summed E-state index contributed by atoms with van der Waals surface area (Å²) in [6.07, 6.45) is 15.0. The van der Waals surface area contributed by atoms with Gasteiger partial charge in [-0.15, -0.1) is 0 Å². The monoisotopic (exact) mass is 1980 g/mol. The molecule has 32 nitrogen and oxygen atoms in total. The van der Waals surface area contributed by atoms with Gasteiger partial charge < -0.3 is 65.2 Å². The molecule has 2 aliphatic heterocycles. The minimum Gasteiger partial charge on any atom is -0.490 e. The molecule has 129 heavy (non-hydrogen) atoms. The molecule has 48 heteroatoms. The van der Waals surface area contributed by atoms with E-state index in [1.807, 2.05) is 28.5 Å². The van der Waals surface area contributed by atoms with Crippen LogP contribution in [-0.2, 0) is 51.3 Å². The van der Waals surface area contributed by atoms with Crippen molar-refractivity contribution in [1.29, 1.82) is 0 Å². The first kappa shape index (κ1) is 111. The highest BCUT2D eigenvalue weighted by Gasteiger charge is 2.49. The lowest BCUT2D eigenvalue weighted by atomic mass is 9.78. The van der Waals surface area contributed by atoms with Gasteiger partial charge in [0.05, 0.1) is 79.2 Å². The Hall–Kier alpha value is -6.42. The van der Waals surface area contributed by atoms with Gasteiger partial charge in [0.2, 0.25) is 17.2 Å². The predicted octanol–water partition coefficient (Wildman–Crippen LogP) is 5.83. The summed E-state index contributed by atoms with van der Waals surface area (Å²) >= 11 is 10.5. The molecule has 2 heterocycles. The molecule has 2 aliphatic rings. The molecule has 0 spiro atoms. The molecule has 0 aromatic heterocycles. The number of hydrogen-bond acceptors (Lipinski definition) is 27. The maximum Gasteiger partial charge on any atom is 0.266 e. The summed E-state index contributed by atoms with van der Waals surface area (Å²) in [5.74, 6) is 0.785. The lowest BCUT2D eigenvalue weighted by Gasteiger charge is -2.27. The number of allylic oxidation sites excluding steroid dienone is 4. The molecule has 710 valence electrons. The van der Waals surface area contributed by atoms with Crippen molar-refractivity contribution in [1.82, 2.24) is 31.9 Å². The third-order valence-corrected chi connectivity index (χ3v) is 27.9. The smallest absolute Gasteiger partial charge is 0.266 e. The Bertz CT molecular complexity index is 4920. The van der Waals surface area contributed by atoms with E-state index in [9.17, 15) is 75.9 Å². The Morgan fingerprint density at radius 1 is 0.380 bits per heavy atom. The molecule has 0 atom stereocenters. The van der Waals surface area contributed by atoms with Crippen molar-refractivity contribution in [2.24, 2.45) is 0 Å². The van der Waals surface area contributed by atoms with Crippen LogP contribution in [0.1, 0.15) is 204 Å². The second kappa shape index (κ2) is 56.7. The van der Waals surface area contributed by atoms with Crippen molar-refractivity contribution in [3.05, 3.63) is 117 Å². The van der Waals surface area contributed by atoms with E-state index in [2.05, 4.69) is 46.2 Å². The average molecular weight is 1980 g/mol. The van der Waals surface area contributed by atoms with E-state index in [4.69, 9.17) is 28.4 Å². The van der Waals surface area contributed by atoms with E-state index in [1.165, 1.54) is 18.2 Å². The molecule has 0 saturated carbocycles. The quantitative estimate of drug-likeness (QED) is 0.0107. The van der Waals surface area contributed by atoms with Crippen LogP contribution in [0.2, 0.25) is 0 Å². The Balaban J connectivity index is 1.43. The summed E-state index contributed by atoms with van der Waals surface area (Å²) in [5.41, 5.74) is -0.742.